The van der Waals surface area contributed by atoms with Gasteiger partial charge in [-0.15, -0.1) is 0 Å². The van der Waals surface area contributed by atoms with Crippen LogP contribution in [0, 0.1) is 11.6 Å². The molecule has 0 aliphatic heterocycles. The number of benzene rings is 2. The molecule has 2 rings (SSSR count). The Hall–Kier alpha value is -1.79. The molecule has 3 nitrogen and oxygen atoms in total. The highest BCUT2D eigenvalue weighted by Crippen LogP contribution is 2.22. The molecule has 0 aliphatic rings. The van der Waals surface area contributed by atoms with Gasteiger partial charge in [0.1, 0.15) is 11.6 Å². The molecule has 0 bridgehead atoms. The number of rotatable bonds is 4. The van der Waals surface area contributed by atoms with Gasteiger partial charge in [0, 0.05) is 18.7 Å². The van der Waals surface area contributed by atoms with Crippen molar-refractivity contribution in [3.8, 4) is 0 Å². The Labute approximate surface area is 121 Å². The monoisotopic (exact) mass is 312 g/mol. The zero-order valence-electron chi connectivity index (χ0n) is 11.3. The van der Waals surface area contributed by atoms with Crippen molar-refractivity contribution in [2.45, 2.75) is 17.4 Å². The molecule has 1 unspecified atom stereocenters. The minimum atomic E-state index is -3.38. The van der Waals surface area contributed by atoms with Gasteiger partial charge in [0.05, 0.1) is 11.0 Å². The van der Waals surface area contributed by atoms with Crippen LogP contribution in [0.4, 0.5) is 8.78 Å². The van der Waals surface area contributed by atoms with Crippen LogP contribution in [0.1, 0.15) is 17.2 Å². The summed E-state index contributed by atoms with van der Waals surface area (Å²) in [5.74, 6) is -1.43. The van der Waals surface area contributed by atoms with Crippen LogP contribution in [-0.4, -0.2) is 19.8 Å². The lowest BCUT2D eigenvalue weighted by molar-refractivity contribution is 0.177. The van der Waals surface area contributed by atoms with E-state index in [1.165, 1.54) is 24.3 Å². The Morgan fingerprint density at radius 1 is 1.14 bits per heavy atom. The van der Waals surface area contributed by atoms with Crippen LogP contribution < -0.4 is 0 Å². The summed E-state index contributed by atoms with van der Waals surface area (Å²) in [6, 6.07) is 8.95. The summed E-state index contributed by atoms with van der Waals surface area (Å²) >= 11 is 0. The molecule has 0 heterocycles. The van der Waals surface area contributed by atoms with Gasteiger partial charge in [-0.25, -0.2) is 17.2 Å². The first-order chi connectivity index (χ1) is 9.77. The van der Waals surface area contributed by atoms with Gasteiger partial charge < -0.3 is 5.11 Å². The van der Waals surface area contributed by atoms with Gasteiger partial charge in [-0.1, -0.05) is 18.2 Å². The summed E-state index contributed by atoms with van der Waals surface area (Å²) in [4.78, 5) is 0.0821. The second kappa shape index (κ2) is 5.91. The largest absolute Gasteiger partial charge is 0.388 e. The average molecular weight is 312 g/mol. The predicted octanol–water partition coefficient (Wildman–Crippen LogP) is 2.64. The molecular weight excluding hydrogens is 298 g/mol. The van der Waals surface area contributed by atoms with E-state index < -0.39 is 27.6 Å². The van der Waals surface area contributed by atoms with Gasteiger partial charge in [-0.2, -0.15) is 0 Å². The van der Waals surface area contributed by atoms with Crippen molar-refractivity contribution in [1.29, 1.82) is 0 Å². The minimum Gasteiger partial charge on any atom is -0.388 e. The molecule has 2 aromatic carbocycles. The molecule has 112 valence electrons. The third kappa shape index (κ3) is 3.86. The van der Waals surface area contributed by atoms with Crippen molar-refractivity contribution < 1.29 is 22.3 Å². The smallest absolute Gasteiger partial charge is 0.175 e. The van der Waals surface area contributed by atoms with Crippen molar-refractivity contribution in [1.82, 2.24) is 0 Å². The summed E-state index contributed by atoms with van der Waals surface area (Å²) < 4.78 is 49.3. The van der Waals surface area contributed by atoms with Crippen molar-refractivity contribution in [3.05, 3.63) is 65.2 Å². The van der Waals surface area contributed by atoms with E-state index in [4.69, 9.17) is 0 Å². The standard InChI is InChI=1S/C15H14F2O3S/c1-21(19,20)13-4-2-3-11(7-13)15(18)8-10-5-6-12(16)9-14(10)17/h2-7,9,15,18H,8H2,1H3. The van der Waals surface area contributed by atoms with Gasteiger partial charge in [0.15, 0.2) is 9.84 Å². The molecule has 6 heteroatoms. The van der Waals surface area contributed by atoms with Gasteiger partial charge in [0.2, 0.25) is 0 Å². The molecule has 2 aromatic rings. The van der Waals surface area contributed by atoms with Crippen LogP contribution in [0.25, 0.3) is 0 Å². The molecule has 0 aliphatic carbocycles. The molecule has 0 saturated carbocycles. The summed E-state index contributed by atoms with van der Waals surface area (Å²) in [6.07, 6.45) is -0.0797. The highest BCUT2D eigenvalue weighted by molar-refractivity contribution is 7.90. The van der Waals surface area contributed by atoms with E-state index in [1.54, 1.807) is 6.07 Å². The van der Waals surface area contributed by atoms with E-state index in [0.29, 0.717) is 5.56 Å². The topological polar surface area (TPSA) is 54.4 Å². The van der Waals surface area contributed by atoms with Crippen LogP contribution in [0.15, 0.2) is 47.4 Å². The maximum Gasteiger partial charge on any atom is 0.175 e. The summed E-state index contributed by atoms with van der Waals surface area (Å²) in [7, 11) is -3.38. The quantitative estimate of drug-likeness (QED) is 0.944. The second-order valence-corrected chi connectivity index (χ2v) is 6.82. The van der Waals surface area contributed by atoms with Gasteiger partial charge >= 0.3 is 0 Å². The first-order valence-corrected chi connectivity index (χ1v) is 8.08. The van der Waals surface area contributed by atoms with Gasteiger partial charge in [-0.05, 0) is 29.3 Å². The first-order valence-electron chi connectivity index (χ1n) is 6.19. The Morgan fingerprint density at radius 2 is 1.86 bits per heavy atom. The first kappa shape index (κ1) is 15.6. The Morgan fingerprint density at radius 3 is 2.48 bits per heavy atom. The fourth-order valence-corrected chi connectivity index (χ4v) is 2.64. The highest BCUT2D eigenvalue weighted by atomic mass is 32.2. The number of sulfone groups is 1. The Balaban J connectivity index is 2.26. The zero-order chi connectivity index (χ0) is 15.6. The highest BCUT2D eigenvalue weighted by Gasteiger charge is 2.15. The van der Waals surface area contributed by atoms with E-state index in [1.807, 2.05) is 0 Å². The lowest BCUT2D eigenvalue weighted by atomic mass is 10.0. The van der Waals surface area contributed by atoms with Crippen LogP contribution in [0.5, 0.6) is 0 Å². The number of hydrogen-bond acceptors (Lipinski definition) is 3. The maximum absolute atomic E-state index is 13.5. The summed E-state index contributed by atoms with van der Waals surface area (Å²) in [5, 5.41) is 10.1. The normalized spacial score (nSPS) is 13.1. The Kier molecular flexibility index (Phi) is 4.39. The molecule has 0 fully saturated rings. The van der Waals surface area contributed by atoms with E-state index in [-0.39, 0.29) is 16.9 Å². The van der Waals surface area contributed by atoms with E-state index in [2.05, 4.69) is 0 Å². The third-order valence-corrected chi connectivity index (χ3v) is 4.21. The summed E-state index contributed by atoms with van der Waals surface area (Å²) in [5.41, 5.74) is 0.523. The van der Waals surface area contributed by atoms with Crippen LogP contribution >= 0.6 is 0 Å². The van der Waals surface area contributed by atoms with Crippen molar-refractivity contribution in [2.75, 3.05) is 6.26 Å². The van der Waals surface area contributed by atoms with Crippen LogP contribution in [-0.2, 0) is 16.3 Å². The third-order valence-electron chi connectivity index (χ3n) is 3.10. The van der Waals surface area contributed by atoms with E-state index >= 15 is 0 Å². The zero-order valence-corrected chi connectivity index (χ0v) is 12.1. The van der Waals surface area contributed by atoms with Crippen molar-refractivity contribution in [3.63, 3.8) is 0 Å². The maximum atomic E-state index is 13.5. The molecule has 1 atom stereocenters. The SMILES string of the molecule is CS(=O)(=O)c1cccc(C(O)Cc2ccc(F)cc2F)c1. The molecular formula is C15H14F2O3S. The van der Waals surface area contributed by atoms with Crippen LogP contribution in [0.3, 0.4) is 0 Å². The molecule has 0 aromatic heterocycles. The number of hydrogen-bond donors (Lipinski definition) is 1. The fourth-order valence-electron chi connectivity index (χ4n) is 1.97. The fraction of sp³-hybridized carbons (Fsp3) is 0.200. The van der Waals surface area contributed by atoms with Crippen LogP contribution in [0.2, 0.25) is 0 Å². The predicted molar refractivity (Wildman–Crippen MR) is 74.6 cm³/mol. The molecule has 0 spiro atoms. The summed E-state index contributed by atoms with van der Waals surface area (Å²) in [6.45, 7) is 0. The number of halogens is 2. The average Bonchev–Trinajstić information content (AvgIpc) is 2.41. The number of aliphatic hydroxyl groups excluding tert-OH is 1. The number of aliphatic hydroxyl groups is 1. The lowest BCUT2D eigenvalue weighted by Crippen LogP contribution is -2.05. The molecule has 0 amide bonds. The van der Waals surface area contributed by atoms with Gasteiger partial charge in [0.25, 0.3) is 0 Å². The van der Waals surface area contributed by atoms with E-state index in [0.717, 1.165) is 18.4 Å². The Bertz CT molecular complexity index is 757. The second-order valence-electron chi connectivity index (χ2n) is 4.80. The van der Waals surface area contributed by atoms with Crippen molar-refractivity contribution in [2.24, 2.45) is 0 Å². The minimum absolute atomic E-state index is 0.0701. The molecule has 0 saturated heterocycles. The van der Waals surface area contributed by atoms with E-state index in [9.17, 15) is 22.3 Å². The molecule has 21 heavy (non-hydrogen) atoms. The molecule has 1 N–H and O–H groups in total. The lowest BCUT2D eigenvalue weighted by Gasteiger charge is -2.12. The molecule has 0 radical (unpaired) electrons. The van der Waals surface area contributed by atoms with Crippen molar-refractivity contribution >= 4 is 9.84 Å². The van der Waals surface area contributed by atoms with Gasteiger partial charge in [-0.3, -0.25) is 0 Å².